The molecule has 0 bridgehead atoms. The number of nitrogens with two attached hydrogens (primary N) is 1. The number of nitrogens with one attached hydrogen (secondary N) is 1. The molecule has 19 heavy (non-hydrogen) atoms. The van der Waals surface area contributed by atoms with Crippen LogP contribution in [0.4, 0.5) is 13.2 Å². The van der Waals surface area contributed by atoms with E-state index in [2.05, 4.69) is 10.1 Å². The van der Waals surface area contributed by atoms with Crippen LogP contribution in [0.5, 0.6) is 5.75 Å². The largest absolute Gasteiger partial charge is 0.484 e. The Morgan fingerprint density at radius 3 is 2.42 bits per heavy atom. The molecule has 1 amide bonds. The van der Waals surface area contributed by atoms with E-state index in [1.807, 2.05) is 0 Å². The molecule has 1 aromatic rings. The highest BCUT2D eigenvalue weighted by molar-refractivity contribution is 5.80. The standard InChI is InChI=1S/C12H15F3N2O2/c1-8(16)11(18)17-6-9-2-4-10(5-3-9)19-7-12(13,14)15/h2-5,8H,6-7,16H2,1H3,(H,17,18)/t8-/m1/s1. The molecule has 106 valence electrons. The Balaban J connectivity index is 2.46. The van der Waals surface area contributed by atoms with Crippen LogP contribution < -0.4 is 15.8 Å². The highest BCUT2D eigenvalue weighted by atomic mass is 19.4. The molecule has 1 atom stereocenters. The lowest BCUT2D eigenvalue weighted by Gasteiger charge is -2.10. The monoisotopic (exact) mass is 276 g/mol. The van der Waals surface area contributed by atoms with Gasteiger partial charge in [-0.3, -0.25) is 4.79 Å². The first-order valence-electron chi connectivity index (χ1n) is 5.60. The Hall–Kier alpha value is -1.76. The van der Waals surface area contributed by atoms with Crippen LogP contribution >= 0.6 is 0 Å². The third-order valence-electron chi connectivity index (χ3n) is 2.21. The fraction of sp³-hybridized carbons (Fsp3) is 0.417. The van der Waals surface area contributed by atoms with Crippen LogP contribution in [0, 0.1) is 0 Å². The van der Waals surface area contributed by atoms with Crippen molar-refractivity contribution in [3.8, 4) is 5.75 Å². The van der Waals surface area contributed by atoms with Gasteiger partial charge < -0.3 is 15.8 Å². The summed E-state index contributed by atoms with van der Waals surface area (Å²) in [5, 5.41) is 2.59. The Kier molecular flexibility index (Phi) is 5.17. The predicted molar refractivity (Wildman–Crippen MR) is 63.5 cm³/mol. The number of amides is 1. The van der Waals surface area contributed by atoms with E-state index in [0.717, 1.165) is 5.56 Å². The molecule has 0 saturated heterocycles. The highest BCUT2D eigenvalue weighted by Gasteiger charge is 2.28. The first kappa shape index (κ1) is 15.3. The van der Waals surface area contributed by atoms with Crippen LogP contribution in [0.2, 0.25) is 0 Å². The maximum atomic E-state index is 11.9. The van der Waals surface area contributed by atoms with Gasteiger partial charge in [0.15, 0.2) is 6.61 Å². The lowest BCUT2D eigenvalue weighted by molar-refractivity contribution is -0.153. The minimum Gasteiger partial charge on any atom is -0.484 e. The lowest BCUT2D eigenvalue weighted by Crippen LogP contribution is -2.37. The Labute approximate surface area is 108 Å². The number of hydrogen-bond donors (Lipinski definition) is 2. The van der Waals surface area contributed by atoms with Gasteiger partial charge in [0, 0.05) is 6.54 Å². The van der Waals surface area contributed by atoms with Crippen LogP contribution in [-0.4, -0.2) is 24.7 Å². The molecule has 0 unspecified atom stereocenters. The van der Waals surface area contributed by atoms with E-state index in [1.165, 1.54) is 12.1 Å². The lowest BCUT2D eigenvalue weighted by atomic mass is 10.2. The SMILES string of the molecule is C[C@@H](N)C(=O)NCc1ccc(OCC(F)(F)F)cc1. The van der Waals surface area contributed by atoms with Gasteiger partial charge in [0.05, 0.1) is 6.04 Å². The average Bonchev–Trinajstić information content (AvgIpc) is 2.33. The van der Waals surface area contributed by atoms with E-state index in [1.54, 1.807) is 19.1 Å². The molecule has 1 rings (SSSR count). The van der Waals surface area contributed by atoms with E-state index >= 15 is 0 Å². The summed E-state index contributed by atoms with van der Waals surface area (Å²) in [6.07, 6.45) is -4.36. The van der Waals surface area contributed by atoms with Crippen molar-refractivity contribution in [2.24, 2.45) is 5.73 Å². The number of carbonyl (C=O) groups is 1. The van der Waals surface area contributed by atoms with E-state index in [4.69, 9.17) is 5.73 Å². The summed E-state index contributed by atoms with van der Waals surface area (Å²) in [5.74, 6) is -0.169. The normalized spacial score (nSPS) is 12.9. The molecule has 0 heterocycles. The summed E-state index contributed by atoms with van der Waals surface area (Å²) < 4.78 is 40.3. The number of alkyl halides is 3. The van der Waals surface area contributed by atoms with Gasteiger partial charge in [-0.05, 0) is 24.6 Å². The molecule has 0 spiro atoms. The van der Waals surface area contributed by atoms with Gasteiger partial charge in [-0.2, -0.15) is 13.2 Å². The van der Waals surface area contributed by atoms with Gasteiger partial charge in [0.2, 0.25) is 5.91 Å². The summed E-state index contributed by atoms with van der Waals surface area (Å²) in [6.45, 7) is 0.497. The van der Waals surface area contributed by atoms with Crippen LogP contribution in [0.1, 0.15) is 12.5 Å². The molecule has 0 aromatic heterocycles. The van der Waals surface area contributed by atoms with Crippen molar-refractivity contribution < 1.29 is 22.7 Å². The van der Waals surface area contributed by atoms with Crippen molar-refractivity contribution in [3.63, 3.8) is 0 Å². The second-order valence-electron chi connectivity index (χ2n) is 4.05. The summed E-state index contributed by atoms with van der Waals surface area (Å²) in [5.41, 5.74) is 6.11. The van der Waals surface area contributed by atoms with Crippen molar-refractivity contribution in [2.45, 2.75) is 25.7 Å². The third-order valence-corrected chi connectivity index (χ3v) is 2.21. The van der Waals surface area contributed by atoms with Gasteiger partial charge >= 0.3 is 6.18 Å². The zero-order chi connectivity index (χ0) is 14.5. The first-order valence-corrected chi connectivity index (χ1v) is 5.60. The number of halogens is 3. The topological polar surface area (TPSA) is 64.4 Å². The van der Waals surface area contributed by atoms with Crippen molar-refractivity contribution in [1.82, 2.24) is 5.32 Å². The first-order chi connectivity index (χ1) is 8.78. The van der Waals surface area contributed by atoms with Gasteiger partial charge in [0.25, 0.3) is 0 Å². The number of ether oxygens (including phenoxy) is 1. The summed E-state index contributed by atoms with van der Waals surface area (Å²) in [6, 6.07) is 5.38. The molecule has 1 aromatic carbocycles. The third kappa shape index (κ3) is 6.10. The Bertz CT molecular complexity index is 416. The van der Waals surface area contributed by atoms with E-state index in [-0.39, 0.29) is 18.2 Å². The van der Waals surface area contributed by atoms with E-state index in [9.17, 15) is 18.0 Å². The fourth-order valence-electron chi connectivity index (χ4n) is 1.22. The van der Waals surface area contributed by atoms with Gasteiger partial charge in [-0.15, -0.1) is 0 Å². The van der Waals surface area contributed by atoms with Crippen molar-refractivity contribution in [1.29, 1.82) is 0 Å². The van der Waals surface area contributed by atoms with E-state index in [0.29, 0.717) is 0 Å². The summed E-state index contributed by atoms with van der Waals surface area (Å²) >= 11 is 0. The molecule has 0 fully saturated rings. The smallest absolute Gasteiger partial charge is 0.422 e. The van der Waals surface area contributed by atoms with Gasteiger partial charge in [0.1, 0.15) is 5.75 Å². The van der Waals surface area contributed by atoms with Crippen LogP contribution in [0.3, 0.4) is 0 Å². The van der Waals surface area contributed by atoms with Gasteiger partial charge in [-0.1, -0.05) is 12.1 Å². The number of carbonyl (C=O) groups excluding carboxylic acids is 1. The number of benzene rings is 1. The minimum atomic E-state index is -4.36. The maximum absolute atomic E-state index is 11.9. The maximum Gasteiger partial charge on any atom is 0.422 e. The number of rotatable bonds is 5. The molecule has 7 heteroatoms. The van der Waals surface area contributed by atoms with E-state index < -0.39 is 18.8 Å². The molecule has 3 N–H and O–H groups in total. The van der Waals surface area contributed by atoms with Crippen molar-refractivity contribution in [3.05, 3.63) is 29.8 Å². The molecular formula is C12H15F3N2O2. The van der Waals surface area contributed by atoms with Crippen LogP contribution in [0.25, 0.3) is 0 Å². The molecule has 0 aliphatic heterocycles. The second kappa shape index (κ2) is 6.42. The zero-order valence-corrected chi connectivity index (χ0v) is 10.3. The minimum absolute atomic E-state index is 0.125. The highest BCUT2D eigenvalue weighted by Crippen LogP contribution is 2.18. The van der Waals surface area contributed by atoms with Gasteiger partial charge in [-0.25, -0.2) is 0 Å². The van der Waals surface area contributed by atoms with Crippen molar-refractivity contribution in [2.75, 3.05) is 6.61 Å². The zero-order valence-electron chi connectivity index (χ0n) is 10.3. The quantitative estimate of drug-likeness (QED) is 0.858. The average molecular weight is 276 g/mol. The molecule has 4 nitrogen and oxygen atoms in total. The molecule has 0 aliphatic rings. The predicted octanol–water partition coefficient (Wildman–Crippen LogP) is 1.59. The summed E-state index contributed by atoms with van der Waals surface area (Å²) in [4.78, 5) is 11.2. The molecule has 0 aliphatic carbocycles. The van der Waals surface area contributed by atoms with Crippen LogP contribution in [-0.2, 0) is 11.3 Å². The fourth-order valence-corrected chi connectivity index (χ4v) is 1.22. The summed E-state index contributed by atoms with van der Waals surface area (Å²) in [7, 11) is 0. The molecule has 0 saturated carbocycles. The number of hydrogen-bond acceptors (Lipinski definition) is 3. The second-order valence-corrected chi connectivity index (χ2v) is 4.05. The Morgan fingerprint density at radius 1 is 1.37 bits per heavy atom. The van der Waals surface area contributed by atoms with Crippen LogP contribution in [0.15, 0.2) is 24.3 Å². The molecular weight excluding hydrogens is 261 g/mol. The molecule has 0 radical (unpaired) electrons. The van der Waals surface area contributed by atoms with Crippen molar-refractivity contribution >= 4 is 5.91 Å². The Morgan fingerprint density at radius 2 is 1.95 bits per heavy atom.